The predicted octanol–water partition coefficient (Wildman–Crippen LogP) is 11.4. The first-order chi connectivity index (χ1) is 20.9. The third-order valence-electron chi connectivity index (χ3n) is 9.86. The second-order valence-electron chi connectivity index (χ2n) is 13.0. The zero-order valence-corrected chi connectivity index (χ0v) is 25.2. The quantitative estimate of drug-likeness (QED) is 0.210. The highest BCUT2D eigenvalue weighted by atomic mass is 15.1. The number of hydrogen-bond acceptors (Lipinski definition) is 1. The van der Waals surface area contributed by atoms with Gasteiger partial charge >= 0.3 is 0 Å². The Morgan fingerprint density at radius 3 is 1.65 bits per heavy atom. The summed E-state index contributed by atoms with van der Waals surface area (Å²) in [5.41, 5.74) is 16.8. The van der Waals surface area contributed by atoms with Crippen molar-refractivity contribution in [3.8, 4) is 33.4 Å². The van der Waals surface area contributed by atoms with Gasteiger partial charge in [-0.1, -0.05) is 137 Å². The van der Waals surface area contributed by atoms with Crippen molar-refractivity contribution >= 4 is 17.1 Å². The predicted molar refractivity (Wildman–Crippen MR) is 182 cm³/mol. The monoisotopic (exact) mass is 553 g/mol. The molecule has 2 aliphatic carbocycles. The lowest BCUT2D eigenvalue weighted by atomic mass is 9.81. The van der Waals surface area contributed by atoms with Crippen molar-refractivity contribution in [2.75, 3.05) is 4.90 Å². The van der Waals surface area contributed by atoms with Crippen molar-refractivity contribution in [1.29, 1.82) is 0 Å². The number of hydrogen-bond donors (Lipinski definition) is 0. The van der Waals surface area contributed by atoms with Crippen LogP contribution in [0.4, 0.5) is 17.1 Å². The van der Waals surface area contributed by atoms with Gasteiger partial charge in [-0.25, -0.2) is 0 Å². The van der Waals surface area contributed by atoms with Gasteiger partial charge in [0.1, 0.15) is 0 Å². The maximum atomic E-state index is 2.48. The first kappa shape index (κ1) is 25.8. The summed E-state index contributed by atoms with van der Waals surface area (Å²) < 4.78 is 0. The van der Waals surface area contributed by atoms with E-state index in [1.54, 1.807) is 0 Å². The summed E-state index contributed by atoms with van der Waals surface area (Å²) in [7, 11) is 0. The number of benzene rings is 6. The molecule has 8 rings (SSSR count). The second kappa shape index (κ2) is 9.31. The zero-order valence-electron chi connectivity index (χ0n) is 25.2. The molecular formula is C42H35N. The molecule has 6 aromatic rings. The van der Waals surface area contributed by atoms with E-state index in [0.29, 0.717) is 0 Å². The van der Waals surface area contributed by atoms with E-state index in [4.69, 9.17) is 0 Å². The van der Waals surface area contributed by atoms with Crippen LogP contribution < -0.4 is 4.90 Å². The number of fused-ring (bicyclic) bond motifs is 6. The van der Waals surface area contributed by atoms with Crippen molar-refractivity contribution in [2.45, 2.75) is 38.5 Å². The SMILES string of the molecule is CC1(C)c2ccccc2-c2cc(N(c3ccc(-c4ccccc4)cc3)c3cccc4c3C(C)(C)c3ccccc3-4)ccc21. The van der Waals surface area contributed by atoms with E-state index in [9.17, 15) is 0 Å². The van der Waals surface area contributed by atoms with Gasteiger partial charge in [0.05, 0.1) is 5.69 Å². The van der Waals surface area contributed by atoms with E-state index in [1.807, 2.05) is 0 Å². The molecule has 6 aromatic carbocycles. The van der Waals surface area contributed by atoms with Crippen LogP contribution >= 0.6 is 0 Å². The number of rotatable bonds is 4. The molecule has 1 heteroatoms. The Morgan fingerprint density at radius 2 is 0.930 bits per heavy atom. The van der Waals surface area contributed by atoms with E-state index in [-0.39, 0.29) is 10.8 Å². The maximum Gasteiger partial charge on any atom is 0.0508 e. The molecule has 43 heavy (non-hydrogen) atoms. The molecule has 1 nitrogen and oxygen atoms in total. The summed E-state index contributed by atoms with van der Waals surface area (Å²) in [5, 5.41) is 0. The van der Waals surface area contributed by atoms with Gasteiger partial charge in [0, 0.05) is 22.2 Å². The molecule has 0 bridgehead atoms. The molecule has 0 amide bonds. The molecule has 0 spiro atoms. The molecule has 0 N–H and O–H groups in total. The Kier molecular flexibility index (Phi) is 5.59. The lowest BCUT2D eigenvalue weighted by Crippen LogP contribution is -2.21. The van der Waals surface area contributed by atoms with Gasteiger partial charge in [-0.2, -0.15) is 0 Å². The topological polar surface area (TPSA) is 3.24 Å². The van der Waals surface area contributed by atoms with Crippen molar-refractivity contribution in [3.63, 3.8) is 0 Å². The third kappa shape index (κ3) is 3.78. The Hall–Kier alpha value is -4.88. The van der Waals surface area contributed by atoms with Gasteiger partial charge in [-0.3, -0.25) is 0 Å². The molecule has 0 atom stereocenters. The highest BCUT2D eigenvalue weighted by Crippen LogP contribution is 2.55. The lowest BCUT2D eigenvalue weighted by Gasteiger charge is -2.32. The van der Waals surface area contributed by atoms with Crippen LogP contribution in [-0.4, -0.2) is 0 Å². The summed E-state index contributed by atoms with van der Waals surface area (Å²) in [6, 6.07) is 51.5. The van der Waals surface area contributed by atoms with Gasteiger partial charge < -0.3 is 4.90 Å². The Balaban J connectivity index is 1.35. The first-order valence-corrected chi connectivity index (χ1v) is 15.3. The zero-order chi connectivity index (χ0) is 29.3. The van der Waals surface area contributed by atoms with E-state index in [2.05, 4.69) is 172 Å². The molecule has 0 aromatic heterocycles. The highest BCUT2D eigenvalue weighted by Gasteiger charge is 2.39. The van der Waals surface area contributed by atoms with Gasteiger partial charge in [0.15, 0.2) is 0 Å². The maximum absolute atomic E-state index is 2.48. The fourth-order valence-electron chi connectivity index (χ4n) is 7.71. The molecule has 0 radical (unpaired) electrons. The number of nitrogens with zero attached hydrogens (tertiary/aromatic N) is 1. The van der Waals surface area contributed by atoms with E-state index < -0.39 is 0 Å². The van der Waals surface area contributed by atoms with Crippen molar-refractivity contribution in [3.05, 3.63) is 162 Å². The fraction of sp³-hybridized carbons (Fsp3) is 0.143. The molecule has 0 fully saturated rings. The van der Waals surface area contributed by atoms with Crippen molar-refractivity contribution in [2.24, 2.45) is 0 Å². The first-order valence-electron chi connectivity index (χ1n) is 15.3. The third-order valence-corrected chi connectivity index (χ3v) is 9.86. The standard InChI is InChI=1S/C42H35N/c1-41(2)36-18-10-9-16-33(36)35-27-31(25-26-38(35)41)43(30-23-21-29(22-24-30)28-13-6-5-7-14-28)39-20-12-17-34-32-15-8-11-19-37(32)42(3,4)40(34)39/h5-27H,1-4H3. The van der Waals surface area contributed by atoms with Crippen LogP contribution in [0.15, 0.2) is 140 Å². The van der Waals surface area contributed by atoms with Crippen LogP contribution in [0.5, 0.6) is 0 Å². The summed E-state index contributed by atoms with van der Waals surface area (Å²) in [4.78, 5) is 2.48. The van der Waals surface area contributed by atoms with Crippen LogP contribution in [0.2, 0.25) is 0 Å². The molecule has 2 aliphatic rings. The Morgan fingerprint density at radius 1 is 0.395 bits per heavy atom. The van der Waals surface area contributed by atoms with E-state index >= 15 is 0 Å². The molecule has 0 heterocycles. The molecular weight excluding hydrogens is 518 g/mol. The largest absolute Gasteiger partial charge is 0.310 e. The molecule has 0 saturated carbocycles. The molecule has 208 valence electrons. The second-order valence-corrected chi connectivity index (χ2v) is 13.0. The average molecular weight is 554 g/mol. The van der Waals surface area contributed by atoms with E-state index in [1.165, 1.54) is 67.0 Å². The average Bonchev–Trinajstić information content (AvgIpc) is 3.42. The fourth-order valence-corrected chi connectivity index (χ4v) is 7.71. The normalized spacial score (nSPS) is 14.9. The highest BCUT2D eigenvalue weighted by molar-refractivity contribution is 5.92. The summed E-state index contributed by atoms with van der Waals surface area (Å²) in [6.45, 7) is 9.45. The van der Waals surface area contributed by atoms with Crippen LogP contribution in [0.1, 0.15) is 49.9 Å². The lowest BCUT2D eigenvalue weighted by molar-refractivity contribution is 0.660. The van der Waals surface area contributed by atoms with Gasteiger partial charge in [0.25, 0.3) is 0 Å². The van der Waals surface area contributed by atoms with Crippen molar-refractivity contribution < 1.29 is 0 Å². The van der Waals surface area contributed by atoms with Crippen LogP contribution in [-0.2, 0) is 10.8 Å². The summed E-state index contributed by atoms with van der Waals surface area (Å²) in [6.07, 6.45) is 0. The summed E-state index contributed by atoms with van der Waals surface area (Å²) in [5.74, 6) is 0. The Bertz CT molecular complexity index is 2010. The minimum Gasteiger partial charge on any atom is -0.310 e. The Labute approximate surface area is 255 Å². The molecule has 0 unspecified atom stereocenters. The van der Waals surface area contributed by atoms with Crippen molar-refractivity contribution in [1.82, 2.24) is 0 Å². The van der Waals surface area contributed by atoms with Gasteiger partial charge in [-0.15, -0.1) is 0 Å². The van der Waals surface area contributed by atoms with Crippen LogP contribution in [0.25, 0.3) is 33.4 Å². The molecule has 0 saturated heterocycles. The van der Waals surface area contributed by atoms with Crippen LogP contribution in [0.3, 0.4) is 0 Å². The van der Waals surface area contributed by atoms with Gasteiger partial charge in [0.2, 0.25) is 0 Å². The minimum absolute atomic E-state index is 0.0236. The smallest absolute Gasteiger partial charge is 0.0508 e. The van der Waals surface area contributed by atoms with E-state index in [0.717, 1.165) is 5.69 Å². The van der Waals surface area contributed by atoms with Gasteiger partial charge in [-0.05, 0) is 86.0 Å². The molecule has 0 aliphatic heterocycles. The van der Waals surface area contributed by atoms with Crippen LogP contribution in [0, 0.1) is 0 Å². The minimum atomic E-state index is -0.129. The summed E-state index contributed by atoms with van der Waals surface area (Å²) >= 11 is 0. The number of anilines is 3.